The van der Waals surface area contributed by atoms with E-state index in [4.69, 9.17) is 0 Å². The summed E-state index contributed by atoms with van der Waals surface area (Å²) in [6.45, 7) is 11.9. The lowest BCUT2D eigenvalue weighted by Crippen LogP contribution is -2.48. The van der Waals surface area contributed by atoms with Crippen molar-refractivity contribution in [2.75, 3.05) is 18.1 Å². The van der Waals surface area contributed by atoms with Gasteiger partial charge in [0.2, 0.25) is 5.91 Å². The van der Waals surface area contributed by atoms with Gasteiger partial charge in [0.1, 0.15) is 0 Å². The van der Waals surface area contributed by atoms with Crippen LogP contribution in [0.4, 0.5) is 0 Å². The van der Waals surface area contributed by atoms with Crippen molar-refractivity contribution in [1.29, 1.82) is 0 Å². The van der Waals surface area contributed by atoms with Gasteiger partial charge in [-0.15, -0.1) is 0 Å². The first-order valence-electron chi connectivity index (χ1n) is 6.80. The zero-order valence-corrected chi connectivity index (χ0v) is 13.2. The Hall–Kier alpha value is -0.220. The van der Waals surface area contributed by atoms with Crippen LogP contribution in [0.1, 0.15) is 47.5 Å². The molecule has 2 N–H and O–H groups in total. The summed E-state index contributed by atoms with van der Waals surface area (Å²) < 4.78 is 0. The van der Waals surface area contributed by atoms with E-state index in [0.29, 0.717) is 12.5 Å². The van der Waals surface area contributed by atoms with E-state index >= 15 is 0 Å². The Balaban J connectivity index is 2.38. The topological polar surface area (TPSA) is 41.1 Å². The van der Waals surface area contributed by atoms with Crippen molar-refractivity contribution in [3.8, 4) is 0 Å². The van der Waals surface area contributed by atoms with Crippen molar-refractivity contribution in [2.24, 2.45) is 5.41 Å². The van der Waals surface area contributed by atoms with Crippen LogP contribution >= 0.6 is 11.8 Å². The number of amides is 1. The van der Waals surface area contributed by atoms with Crippen LogP contribution in [-0.4, -0.2) is 35.5 Å². The molecule has 18 heavy (non-hydrogen) atoms. The van der Waals surface area contributed by atoms with Gasteiger partial charge in [0.25, 0.3) is 0 Å². The molecule has 3 nitrogen and oxygen atoms in total. The van der Waals surface area contributed by atoms with E-state index in [2.05, 4.69) is 45.3 Å². The van der Waals surface area contributed by atoms with E-state index in [9.17, 15) is 4.79 Å². The fourth-order valence-corrected chi connectivity index (χ4v) is 3.72. The number of thioether (sulfide) groups is 1. The molecule has 0 bridgehead atoms. The van der Waals surface area contributed by atoms with Crippen LogP contribution in [0, 0.1) is 5.41 Å². The molecule has 0 spiro atoms. The van der Waals surface area contributed by atoms with E-state index in [1.165, 1.54) is 0 Å². The maximum atomic E-state index is 12.1. The number of rotatable bonds is 4. The number of hydrogen-bond acceptors (Lipinski definition) is 3. The van der Waals surface area contributed by atoms with Gasteiger partial charge in [0.05, 0.1) is 0 Å². The number of hydrogen-bond donors (Lipinski definition) is 2. The van der Waals surface area contributed by atoms with Crippen molar-refractivity contribution >= 4 is 17.7 Å². The standard InChI is InChI=1S/C14H28N2OS/c1-13(2,3)10-14(4,5)16-12(17)8-11-9-18-7-6-15-11/h11,15H,6-10H2,1-5H3,(H,16,17). The molecule has 4 heteroatoms. The summed E-state index contributed by atoms with van der Waals surface area (Å²) in [5.41, 5.74) is 0.104. The van der Waals surface area contributed by atoms with E-state index in [-0.39, 0.29) is 16.9 Å². The molecule has 1 heterocycles. The Morgan fingerprint density at radius 3 is 2.50 bits per heavy atom. The number of nitrogens with one attached hydrogen (secondary N) is 2. The fourth-order valence-electron chi connectivity index (χ4n) is 2.77. The second kappa shape index (κ2) is 6.29. The van der Waals surface area contributed by atoms with Crippen LogP contribution in [0.25, 0.3) is 0 Å². The third-order valence-corrected chi connectivity index (χ3v) is 4.01. The average molecular weight is 272 g/mol. The molecule has 1 amide bonds. The summed E-state index contributed by atoms with van der Waals surface area (Å²) in [5, 5.41) is 6.57. The molecule has 0 radical (unpaired) electrons. The molecule has 1 rings (SSSR count). The molecule has 1 aliphatic heterocycles. The van der Waals surface area contributed by atoms with Crippen molar-refractivity contribution in [2.45, 2.75) is 59.0 Å². The molecule has 1 aliphatic rings. The fraction of sp³-hybridized carbons (Fsp3) is 0.929. The van der Waals surface area contributed by atoms with Crippen LogP contribution in [0.3, 0.4) is 0 Å². The van der Waals surface area contributed by atoms with Crippen LogP contribution in [0.15, 0.2) is 0 Å². The highest BCUT2D eigenvalue weighted by molar-refractivity contribution is 7.99. The maximum Gasteiger partial charge on any atom is 0.222 e. The van der Waals surface area contributed by atoms with Crippen molar-refractivity contribution in [1.82, 2.24) is 10.6 Å². The molecule has 0 aromatic rings. The summed E-state index contributed by atoms with van der Waals surface area (Å²) in [5.74, 6) is 2.38. The molecule has 0 aromatic carbocycles. The van der Waals surface area contributed by atoms with Crippen molar-refractivity contribution in [3.05, 3.63) is 0 Å². The van der Waals surface area contributed by atoms with Crippen molar-refractivity contribution in [3.63, 3.8) is 0 Å². The maximum absolute atomic E-state index is 12.1. The average Bonchev–Trinajstić information content (AvgIpc) is 2.13. The lowest BCUT2D eigenvalue weighted by atomic mass is 9.81. The summed E-state index contributed by atoms with van der Waals surface area (Å²) in [7, 11) is 0. The summed E-state index contributed by atoms with van der Waals surface area (Å²) in [6, 6.07) is 0.342. The molecular weight excluding hydrogens is 244 g/mol. The molecule has 1 unspecified atom stereocenters. The summed E-state index contributed by atoms with van der Waals surface area (Å²) >= 11 is 1.93. The predicted octanol–water partition coefficient (Wildman–Crippen LogP) is 2.41. The highest BCUT2D eigenvalue weighted by Crippen LogP contribution is 2.26. The molecular formula is C14H28N2OS. The number of carbonyl (C=O) groups is 1. The van der Waals surface area contributed by atoms with Crippen LogP contribution in [0.5, 0.6) is 0 Å². The highest BCUT2D eigenvalue weighted by atomic mass is 32.2. The Labute approximate surface area is 116 Å². The molecule has 0 aliphatic carbocycles. The van der Waals surface area contributed by atoms with Crippen LogP contribution in [-0.2, 0) is 4.79 Å². The molecule has 1 fully saturated rings. The minimum atomic E-state index is -0.128. The monoisotopic (exact) mass is 272 g/mol. The van der Waals surface area contributed by atoms with E-state index in [1.54, 1.807) is 0 Å². The first kappa shape index (κ1) is 15.8. The summed E-state index contributed by atoms with van der Waals surface area (Å²) in [4.78, 5) is 12.1. The Morgan fingerprint density at radius 2 is 2.00 bits per heavy atom. The van der Waals surface area contributed by atoms with E-state index < -0.39 is 0 Å². The molecule has 0 aromatic heterocycles. The third kappa shape index (κ3) is 6.64. The third-order valence-electron chi connectivity index (χ3n) is 2.88. The molecule has 0 saturated carbocycles. The number of carbonyl (C=O) groups excluding carboxylic acids is 1. The first-order chi connectivity index (χ1) is 8.18. The highest BCUT2D eigenvalue weighted by Gasteiger charge is 2.28. The SMILES string of the molecule is CC(C)(C)CC(C)(C)NC(=O)CC1CSCCN1. The van der Waals surface area contributed by atoms with Gasteiger partial charge in [-0.3, -0.25) is 4.79 Å². The second-order valence-corrected chi connectivity index (χ2v) is 8.25. The molecule has 106 valence electrons. The van der Waals surface area contributed by atoms with Gasteiger partial charge in [-0.05, 0) is 25.7 Å². The second-order valence-electron chi connectivity index (χ2n) is 7.10. The van der Waals surface area contributed by atoms with Crippen LogP contribution in [0.2, 0.25) is 0 Å². The van der Waals surface area contributed by atoms with Gasteiger partial charge < -0.3 is 10.6 Å². The predicted molar refractivity (Wildman–Crippen MR) is 80.0 cm³/mol. The van der Waals surface area contributed by atoms with E-state index in [1.807, 2.05) is 11.8 Å². The minimum Gasteiger partial charge on any atom is -0.351 e. The minimum absolute atomic E-state index is 0.128. The van der Waals surface area contributed by atoms with Gasteiger partial charge in [-0.2, -0.15) is 11.8 Å². The van der Waals surface area contributed by atoms with Gasteiger partial charge in [0, 0.05) is 36.1 Å². The first-order valence-corrected chi connectivity index (χ1v) is 7.96. The van der Waals surface area contributed by atoms with Crippen LogP contribution < -0.4 is 10.6 Å². The summed E-state index contributed by atoms with van der Waals surface area (Å²) in [6.07, 6.45) is 1.58. The van der Waals surface area contributed by atoms with E-state index in [0.717, 1.165) is 24.5 Å². The van der Waals surface area contributed by atoms with Gasteiger partial charge in [-0.25, -0.2) is 0 Å². The molecule has 1 saturated heterocycles. The van der Waals surface area contributed by atoms with Gasteiger partial charge in [0.15, 0.2) is 0 Å². The van der Waals surface area contributed by atoms with Crippen molar-refractivity contribution < 1.29 is 4.79 Å². The Morgan fingerprint density at radius 1 is 1.33 bits per heavy atom. The lowest BCUT2D eigenvalue weighted by molar-refractivity contribution is -0.123. The Bertz CT molecular complexity index is 278. The zero-order chi connectivity index (χ0) is 13.8. The molecule has 1 atom stereocenters. The largest absolute Gasteiger partial charge is 0.351 e. The lowest BCUT2D eigenvalue weighted by Gasteiger charge is -2.34. The smallest absolute Gasteiger partial charge is 0.222 e. The zero-order valence-electron chi connectivity index (χ0n) is 12.4. The Kier molecular flexibility index (Phi) is 5.53. The quantitative estimate of drug-likeness (QED) is 0.826. The van der Waals surface area contributed by atoms with Gasteiger partial charge in [-0.1, -0.05) is 20.8 Å². The normalized spacial score (nSPS) is 21.7. The van der Waals surface area contributed by atoms with Gasteiger partial charge >= 0.3 is 0 Å².